The minimum absolute atomic E-state index is 0.149. The molecule has 0 amide bonds. The molecular weight excluding hydrogens is 472 g/mol. The molecule has 1 unspecified atom stereocenters. The second-order valence-electron chi connectivity index (χ2n) is 14.5. The monoisotopic (exact) mass is 522 g/mol. The van der Waals surface area contributed by atoms with Crippen molar-refractivity contribution in [3.05, 3.63) is 47.7 Å². The third kappa shape index (κ3) is 5.01. The van der Waals surface area contributed by atoms with Gasteiger partial charge in [-0.15, -0.1) is 0 Å². The first-order valence-electron chi connectivity index (χ1n) is 15.3. The van der Waals surface area contributed by atoms with Gasteiger partial charge in [-0.1, -0.05) is 51.8 Å². The summed E-state index contributed by atoms with van der Waals surface area (Å²) in [6.07, 6.45) is 12.7. The van der Waals surface area contributed by atoms with Crippen molar-refractivity contribution < 1.29 is 19.7 Å². The Morgan fingerprint density at radius 1 is 1.08 bits per heavy atom. The highest BCUT2D eigenvalue weighted by molar-refractivity contribution is 5.90. The molecule has 4 nitrogen and oxygen atoms in total. The SMILES string of the molecule is C[C@H](CCCC(C)(C)O)[C@H]1CC[C@H]2[C@@H]3CCC4CC(OC(=O)c5ccccc5)=C[C@H](O)[C@]4(C)[C@H]3CC[C@]12C. The van der Waals surface area contributed by atoms with Gasteiger partial charge in [0.1, 0.15) is 5.76 Å². The molecule has 4 aliphatic rings. The number of hydrogen-bond donors (Lipinski definition) is 2. The molecule has 1 aromatic carbocycles. The molecule has 0 spiro atoms. The van der Waals surface area contributed by atoms with Gasteiger partial charge < -0.3 is 14.9 Å². The van der Waals surface area contributed by atoms with Gasteiger partial charge in [0.2, 0.25) is 0 Å². The van der Waals surface area contributed by atoms with Crippen LogP contribution in [0.5, 0.6) is 0 Å². The van der Waals surface area contributed by atoms with Gasteiger partial charge in [-0.3, -0.25) is 0 Å². The Kier molecular flexibility index (Phi) is 7.63. The van der Waals surface area contributed by atoms with Crippen molar-refractivity contribution in [2.24, 2.45) is 46.3 Å². The van der Waals surface area contributed by atoms with Crippen LogP contribution in [0.3, 0.4) is 0 Å². The van der Waals surface area contributed by atoms with Gasteiger partial charge in [0.15, 0.2) is 0 Å². The summed E-state index contributed by atoms with van der Waals surface area (Å²) in [5.41, 5.74) is 0.230. The van der Waals surface area contributed by atoms with Crippen LogP contribution in [0.25, 0.3) is 0 Å². The van der Waals surface area contributed by atoms with E-state index in [2.05, 4.69) is 20.8 Å². The van der Waals surface area contributed by atoms with Gasteiger partial charge in [0.05, 0.1) is 17.3 Å². The average molecular weight is 523 g/mol. The number of ether oxygens (including phenoxy) is 1. The third-order valence-electron chi connectivity index (χ3n) is 11.8. The Morgan fingerprint density at radius 3 is 2.53 bits per heavy atom. The topological polar surface area (TPSA) is 66.8 Å². The minimum atomic E-state index is -0.574. The lowest BCUT2D eigenvalue weighted by Gasteiger charge is -2.61. The van der Waals surface area contributed by atoms with E-state index >= 15 is 0 Å². The zero-order chi connectivity index (χ0) is 27.3. The maximum Gasteiger partial charge on any atom is 0.343 e. The van der Waals surface area contributed by atoms with E-state index in [4.69, 9.17) is 4.74 Å². The van der Waals surface area contributed by atoms with Gasteiger partial charge in [0.25, 0.3) is 0 Å². The minimum Gasteiger partial charge on any atom is -0.428 e. The van der Waals surface area contributed by atoms with E-state index in [0.29, 0.717) is 40.4 Å². The quantitative estimate of drug-likeness (QED) is 0.363. The van der Waals surface area contributed by atoms with Crippen LogP contribution in [0.1, 0.15) is 109 Å². The van der Waals surface area contributed by atoms with Crippen LogP contribution >= 0.6 is 0 Å². The molecular formula is C34H50O4. The molecule has 0 aromatic heterocycles. The molecule has 9 atom stereocenters. The molecule has 4 aliphatic carbocycles. The van der Waals surface area contributed by atoms with Crippen molar-refractivity contribution in [2.45, 2.75) is 111 Å². The van der Waals surface area contributed by atoms with Gasteiger partial charge in [0, 0.05) is 11.8 Å². The predicted molar refractivity (Wildman–Crippen MR) is 151 cm³/mol. The Bertz CT molecular complexity index is 1020. The Labute approximate surface area is 230 Å². The van der Waals surface area contributed by atoms with Crippen molar-refractivity contribution in [1.82, 2.24) is 0 Å². The number of allylic oxidation sites excluding steroid dienone is 1. The molecule has 1 aromatic rings. The number of benzene rings is 1. The van der Waals surface area contributed by atoms with Crippen molar-refractivity contribution in [3.8, 4) is 0 Å². The van der Waals surface area contributed by atoms with Crippen molar-refractivity contribution in [3.63, 3.8) is 0 Å². The fraction of sp³-hybridized carbons (Fsp3) is 0.735. The van der Waals surface area contributed by atoms with Crippen molar-refractivity contribution >= 4 is 5.97 Å². The second-order valence-corrected chi connectivity index (χ2v) is 14.5. The fourth-order valence-electron chi connectivity index (χ4n) is 9.78. The summed E-state index contributed by atoms with van der Waals surface area (Å²) in [6.45, 7) is 11.2. The van der Waals surface area contributed by atoms with E-state index in [1.165, 1.54) is 38.5 Å². The molecule has 0 radical (unpaired) electrons. The highest BCUT2D eigenvalue weighted by Crippen LogP contribution is 2.68. The smallest absolute Gasteiger partial charge is 0.343 e. The van der Waals surface area contributed by atoms with E-state index in [9.17, 15) is 15.0 Å². The number of fused-ring (bicyclic) bond motifs is 5. The van der Waals surface area contributed by atoms with Crippen LogP contribution in [0, 0.1) is 46.3 Å². The van der Waals surface area contributed by atoms with E-state index in [1.54, 1.807) is 12.1 Å². The van der Waals surface area contributed by atoms with Crippen LogP contribution in [0.15, 0.2) is 42.2 Å². The standard InChI is InChI=1S/C34H50O4/c1-22(10-9-18-32(2,3)37)27-15-16-28-26-14-13-24-20-25(38-31(36)23-11-7-6-8-12-23)21-30(35)34(24,5)29(26)17-19-33(27,28)4/h6-8,11-12,21-22,24,26-30,35,37H,9-10,13-20H2,1-5H3/t22-,24?,26+,27-,28+,29+,30+,33-,34+/m1/s1. The summed E-state index contributed by atoms with van der Waals surface area (Å²) in [4.78, 5) is 12.7. The van der Waals surface area contributed by atoms with E-state index in [1.807, 2.05) is 38.1 Å². The lowest BCUT2D eigenvalue weighted by atomic mass is 9.44. The summed E-state index contributed by atoms with van der Waals surface area (Å²) in [5.74, 6) is 4.08. The first kappa shape index (κ1) is 27.9. The predicted octanol–water partition coefficient (Wildman–Crippen LogP) is 7.54. The zero-order valence-electron chi connectivity index (χ0n) is 24.3. The average Bonchev–Trinajstić information content (AvgIpc) is 3.22. The van der Waals surface area contributed by atoms with Gasteiger partial charge >= 0.3 is 5.97 Å². The number of rotatable bonds is 7. The molecule has 0 bridgehead atoms. The molecule has 3 fully saturated rings. The number of esters is 1. The van der Waals surface area contributed by atoms with Crippen molar-refractivity contribution in [1.29, 1.82) is 0 Å². The number of carbonyl (C=O) groups is 1. The molecule has 4 heteroatoms. The van der Waals surface area contributed by atoms with Crippen LogP contribution in [-0.2, 0) is 4.74 Å². The van der Waals surface area contributed by atoms with Gasteiger partial charge in [-0.25, -0.2) is 4.79 Å². The highest BCUT2D eigenvalue weighted by Gasteiger charge is 2.62. The summed E-state index contributed by atoms with van der Waals surface area (Å²) in [7, 11) is 0. The molecule has 0 aliphatic heterocycles. The maximum absolute atomic E-state index is 12.7. The summed E-state index contributed by atoms with van der Waals surface area (Å²) in [6, 6.07) is 9.14. The third-order valence-corrected chi connectivity index (χ3v) is 11.8. The van der Waals surface area contributed by atoms with Crippen LogP contribution in [0.2, 0.25) is 0 Å². The number of hydrogen-bond acceptors (Lipinski definition) is 4. The first-order valence-corrected chi connectivity index (χ1v) is 15.3. The van der Waals surface area contributed by atoms with Gasteiger partial charge in [-0.05, 0) is 118 Å². The van der Waals surface area contributed by atoms with E-state index in [0.717, 1.165) is 37.5 Å². The van der Waals surface area contributed by atoms with Crippen molar-refractivity contribution in [2.75, 3.05) is 0 Å². The molecule has 38 heavy (non-hydrogen) atoms. The van der Waals surface area contributed by atoms with E-state index < -0.39 is 11.7 Å². The first-order chi connectivity index (χ1) is 17.9. The number of aliphatic hydroxyl groups excluding tert-OH is 1. The summed E-state index contributed by atoms with van der Waals surface area (Å²) < 4.78 is 5.80. The Hall–Kier alpha value is -1.65. The second kappa shape index (κ2) is 10.4. The van der Waals surface area contributed by atoms with E-state index in [-0.39, 0.29) is 11.4 Å². The maximum atomic E-state index is 12.7. The summed E-state index contributed by atoms with van der Waals surface area (Å²) in [5, 5.41) is 21.7. The fourth-order valence-corrected chi connectivity index (χ4v) is 9.78. The Morgan fingerprint density at radius 2 is 1.82 bits per heavy atom. The lowest BCUT2D eigenvalue weighted by Crippen LogP contribution is -2.57. The van der Waals surface area contributed by atoms with Gasteiger partial charge in [-0.2, -0.15) is 0 Å². The number of carbonyl (C=O) groups excluding carboxylic acids is 1. The largest absolute Gasteiger partial charge is 0.428 e. The summed E-state index contributed by atoms with van der Waals surface area (Å²) >= 11 is 0. The number of aliphatic hydroxyl groups is 2. The Balaban J connectivity index is 1.28. The molecule has 0 heterocycles. The van der Waals surface area contributed by atoms with Crippen LogP contribution < -0.4 is 0 Å². The molecule has 3 saturated carbocycles. The highest BCUT2D eigenvalue weighted by atomic mass is 16.5. The molecule has 5 rings (SSSR count). The van der Waals surface area contributed by atoms with Crippen LogP contribution in [0.4, 0.5) is 0 Å². The zero-order valence-corrected chi connectivity index (χ0v) is 24.3. The molecule has 2 N–H and O–H groups in total. The molecule has 210 valence electrons. The lowest BCUT2D eigenvalue weighted by molar-refractivity contribution is -0.143. The normalized spacial score (nSPS) is 39.4. The molecule has 0 saturated heterocycles. The van der Waals surface area contributed by atoms with Crippen LogP contribution in [-0.4, -0.2) is 27.9 Å².